The summed E-state index contributed by atoms with van der Waals surface area (Å²) in [7, 11) is -3.80. The van der Waals surface area contributed by atoms with Crippen LogP contribution in [-0.2, 0) is 32.2 Å². The number of rotatable bonds is 15. The van der Waals surface area contributed by atoms with Crippen LogP contribution in [-0.4, -0.2) is 67.4 Å². The third-order valence-corrected chi connectivity index (χ3v) is 10.6. The fraction of sp³-hybridized carbons (Fsp3) is 0.444. The lowest BCUT2D eigenvalue weighted by Crippen LogP contribution is -2.62. The van der Waals surface area contributed by atoms with Crippen LogP contribution in [0, 0.1) is 0 Å². The largest absolute Gasteiger partial charge is 0.416 e. The minimum Gasteiger partial charge on any atom is -0.354 e. The average molecular weight is 672 g/mol. The Kier molecular flexibility index (Phi) is 13.0. The van der Waals surface area contributed by atoms with Crippen molar-refractivity contribution in [3.05, 3.63) is 107 Å². The molecule has 0 spiro atoms. The Morgan fingerprint density at radius 3 is 2.13 bits per heavy atom. The molecule has 254 valence electrons. The molecule has 2 amide bonds. The number of nitrogens with zero attached hydrogens (tertiary/aromatic N) is 2. The Labute approximate surface area is 276 Å². The van der Waals surface area contributed by atoms with Gasteiger partial charge in [-0.05, 0) is 35.6 Å². The predicted molar refractivity (Wildman–Crippen MR) is 177 cm³/mol. The third-order valence-electron chi connectivity index (χ3n) is 8.62. The SMILES string of the molecule is CCCCCCCS(=O)(=O)N1CCN(C(=O)CCc2cccc(C(F)(F)F)c2)CC1C(=O)NCC(c1ccccc1)c1ccccc1. The molecule has 1 saturated heterocycles. The van der Waals surface area contributed by atoms with Gasteiger partial charge in [0.05, 0.1) is 11.3 Å². The van der Waals surface area contributed by atoms with Crippen LogP contribution in [0.2, 0.25) is 0 Å². The smallest absolute Gasteiger partial charge is 0.354 e. The Balaban J connectivity index is 1.49. The molecule has 1 aliphatic rings. The molecule has 0 radical (unpaired) electrons. The molecule has 0 aromatic heterocycles. The summed E-state index contributed by atoms with van der Waals surface area (Å²) >= 11 is 0. The van der Waals surface area contributed by atoms with E-state index in [2.05, 4.69) is 12.2 Å². The van der Waals surface area contributed by atoms with Gasteiger partial charge in [0.2, 0.25) is 21.8 Å². The monoisotopic (exact) mass is 671 g/mol. The van der Waals surface area contributed by atoms with Crippen molar-refractivity contribution in [3.63, 3.8) is 0 Å². The highest BCUT2D eigenvalue weighted by Gasteiger charge is 2.40. The first-order valence-electron chi connectivity index (χ1n) is 16.3. The number of hydrogen-bond donors (Lipinski definition) is 1. The number of benzene rings is 3. The van der Waals surface area contributed by atoms with E-state index in [1.54, 1.807) is 6.07 Å². The van der Waals surface area contributed by atoms with Crippen LogP contribution in [0.25, 0.3) is 0 Å². The van der Waals surface area contributed by atoms with Crippen LogP contribution in [0.4, 0.5) is 13.2 Å². The van der Waals surface area contributed by atoms with Crippen molar-refractivity contribution in [2.24, 2.45) is 0 Å². The van der Waals surface area contributed by atoms with Gasteiger partial charge < -0.3 is 10.2 Å². The predicted octanol–water partition coefficient (Wildman–Crippen LogP) is 6.40. The van der Waals surface area contributed by atoms with Gasteiger partial charge in [-0.25, -0.2) is 8.42 Å². The summed E-state index contributed by atoms with van der Waals surface area (Å²) in [5.74, 6) is -1.10. The van der Waals surface area contributed by atoms with Crippen LogP contribution < -0.4 is 5.32 Å². The quantitative estimate of drug-likeness (QED) is 0.190. The Hall–Kier alpha value is -3.70. The minimum absolute atomic E-state index is 0.0362. The zero-order chi connectivity index (χ0) is 33.9. The van der Waals surface area contributed by atoms with E-state index >= 15 is 0 Å². The summed E-state index contributed by atoms with van der Waals surface area (Å²) in [6, 6.07) is 23.2. The normalized spacial score (nSPS) is 15.9. The number of piperazine rings is 1. The number of halogens is 3. The first kappa shape index (κ1) is 36.1. The number of unbranched alkanes of at least 4 members (excludes halogenated alkanes) is 4. The summed E-state index contributed by atoms with van der Waals surface area (Å²) in [5, 5.41) is 2.98. The first-order chi connectivity index (χ1) is 22.5. The molecule has 1 N–H and O–H groups in total. The molecular formula is C36H44F3N3O4S. The van der Waals surface area contributed by atoms with Crippen LogP contribution in [0.5, 0.6) is 0 Å². The number of carbonyl (C=O) groups is 2. The molecule has 1 unspecified atom stereocenters. The Bertz CT molecular complexity index is 1510. The number of alkyl halides is 3. The van der Waals surface area contributed by atoms with Gasteiger partial charge in [0.15, 0.2) is 0 Å². The summed E-state index contributed by atoms with van der Waals surface area (Å²) in [4.78, 5) is 28.6. The molecule has 1 aliphatic heterocycles. The van der Waals surface area contributed by atoms with Crippen LogP contribution in [0.15, 0.2) is 84.9 Å². The van der Waals surface area contributed by atoms with Crippen molar-refractivity contribution < 1.29 is 31.2 Å². The molecule has 3 aromatic rings. The van der Waals surface area contributed by atoms with Crippen molar-refractivity contribution in [2.45, 2.75) is 70.0 Å². The third kappa shape index (κ3) is 10.4. The van der Waals surface area contributed by atoms with Crippen molar-refractivity contribution in [3.8, 4) is 0 Å². The minimum atomic E-state index is -4.49. The van der Waals surface area contributed by atoms with E-state index in [1.165, 1.54) is 15.3 Å². The van der Waals surface area contributed by atoms with Crippen LogP contribution >= 0.6 is 0 Å². The molecule has 1 heterocycles. The number of amides is 2. The molecule has 0 bridgehead atoms. The van der Waals surface area contributed by atoms with Gasteiger partial charge in [0, 0.05) is 38.5 Å². The van der Waals surface area contributed by atoms with Crippen molar-refractivity contribution >= 4 is 21.8 Å². The van der Waals surface area contributed by atoms with Crippen LogP contribution in [0.1, 0.15) is 73.6 Å². The molecule has 1 fully saturated rings. The number of sulfonamides is 1. The standard InChI is InChI=1S/C36H44F3N3O4S/c1-2-3-4-5-12-24-47(45,46)42-23-22-41(34(43)21-20-28-14-13-19-31(25-28)36(37,38)39)27-33(42)35(44)40-26-32(29-15-8-6-9-16-29)30-17-10-7-11-18-30/h6-11,13-19,25,32-33H,2-5,12,20-24,26-27H2,1H3,(H,40,44). The lowest BCUT2D eigenvalue weighted by Gasteiger charge is -2.40. The summed E-state index contributed by atoms with van der Waals surface area (Å²) in [6.07, 6.45) is -0.217. The van der Waals surface area contributed by atoms with Gasteiger partial charge in [0.25, 0.3) is 0 Å². The lowest BCUT2D eigenvalue weighted by molar-refractivity contribution is -0.137. The van der Waals surface area contributed by atoms with Gasteiger partial charge in [0.1, 0.15) is 6.04 Å². The number of aryl methyl sites for hydroxylation is 1. The maximum absolute atomic E-state index is 13.9. The van der Waals surface area contributed by atoms with Crippen molar-refractivity contribution in [1.82, 2.24) is 14.5 Å². The molecular weight excluding hydrogens is 627 g/mol. The molecule has 0 aliphatic carbocycles. The molecule has 4 rings (SSSR count). The van der Waals surface area contributed by atoms with E-state index in [1.807, 2.05) is 60.7 Å². The molecule has 11 heteroatoms. The van der Waals surface area contributed by atoms with Crippen molar-refractivity contribution in [2.75, 3.05) is 31.9 Å². The molecule has 47 heavy (non-hydrogen) atoms. The molecule has 1 atom stereocenters. The van der Waals surface area contributed by atoms with E-state index < -0.39 is 33.7 Å². The molecule has 3 aromatic carbocycles. The second-order valence-corrected chi connectivity index (χ2v) is 14.1. The Morgan fingerprint density at radius 2 is 1.51 bits per heavy atom. The van der Waals surface area contributed by atoms with Gasteiger partial charge >= 0.3 is 6.18 Å². The van der Waals surface area contributed by atoms with E-state index in [9.17, 15) is 31.2 Å². The number of carbonyl (C=O) groups excluding carboxylic acids is 2. The molecule has 0 saturated carbocycles. The number of nitrogens with one attached hydrogen (secondary N) is 1. The van der Waals surface area contributed by atoms with Crippen LogP contribution in [0.3, 0.4) is 0 Å². The van der Waals surface area contributed by atoms with Crippen molar-refractivity contribution in [1.29, 1.82) is 0 Å². The summed E-state index contributed by atoms with van der Waals surface area (Å²) < 4.78 is 67.9. The zero-order valence-electron chi connectivity index (χ0n) is 26.8. The van der Waals surface area contributed by atoms with Gasteiger partial charge in [-0.3, -0.25) is 9.59 Å². The van der Waals surface area contributed by atoms with E-state index in [0.29, 0.717) is 12.0 Å². The number of hydrogen-bond acceptors (Lipinski definition) is 4. The Morgan fingerprint density at radius 1 is 0.872 bits per heavy atom. The first-order valence-corrected chi connectivity index (χ1v) is 17.9. The average Bonchev–Trinajstić information content (AvgIpc) is 3.07. The zero-order valence-corrected chi connectivity index (χ0v) is 27.6. The van der Waals surface area contributed by atoms with E-state index in [0.717, 1.165) is 48.9 Å². The second-order valence-electron chi connectivity index (χ2n) is 12.0. The van der Waals surface area contributed by atoms with Gasteiger partial charge in [-0.15, -0.1) is 0 Å². The fourth-order valence-electron chi connectivity index (χ4n) is 5.98. The van der Waals surface area contributed by atoms with E-state index in [4.69, 9.17) is 0 Å². The highest BCUT2D eigenvalue weighted by molar-refractivity contribution is 7.89. The van der Waals surface area contributed by atoms with E-state index in [-0.39, 0.29) is 56.6 Å². The summed E-state index contributed by atoms with van der Waals surface area (Å²) in [6.45, 7) is 2.23. The highest BCUT2D eigenvalue weighted by Crippen LogP contribution is 2.30. The van der Waals surface area contributed by atoms with Gasteiger partial charge in [-0.2, -0.15) is 17.5 Å². The maximum Gasteiger partial charge on any atom is 0.416 e. The lowest BCUT2D eigenvalue weighted by atomic mass is 9.91. The maximum atomic E-state index is 13.9. The summed E-state index contributed by atoms with van der Waals surface area (Å²) in [5.41, 5.74) is 1.58. The topological polar surface area (TPSA) is 86.8 Å². The second kappa shape index (κ2) is 16.9. The molecule has 7 nitrogen and oxygen atoms in total. The van der Waals surface area contributed by atoms with Gasteiger partial charge in [-0.1, -0.05) is 111 Å². The fourth-order valence-corrected chi connectivity index (χ4v) is 7.69. The highest BCUT2D eigenvalue weighted by atomic mass is 32.2.